The number of rotatable bonds is 8. The van der Waals surface area contributed by atoms with Gasteiger partial charge < -0.3 is 19.5 Å². The third-order valence-corrected chi connectivity index (χ3v) is 7.40. The van der Waals surface area contributed by atoms with Crippen molar-refractivity contribution in [3.05, 3.63) is 82.9 Å². The highest BCUT2D eigenvalue weighted by Gasteiger charge is 2.29. The van der Waals surface area contributed by atoms with E-state index >= 15 is 0 Å². The van der Waals surface area contributed by atoms with Gasteiger partial charge >= 0.3 is 0 Å². The summed E-state index contributed by atoms with van der Waals surface area (Å²) in [5.41, 5.74) is 3.21. The Morgan fingerprint density at radius 1 is 0.943 bits per heavy atom. The number of methoxy groups -OCH3 is 2. The molecular formula is C28H31N3O3S. The number of nitrogens with one attached hydrogen (secondary N) is 1. The first kappa shape index (κ1) is 23.6. The molecule has 0 spiro atoms. The lowest BCUT2D eigenvalue weighted by molar-refractivity contribution is 0.237. The zero-order chi connectivity index (χ0) is 24.0. The van der Waals surface area contributed by atoms with Gasteiger partial charge in [0.25, 0.3) is 0 Å². The van der Waals surface area contributed by atoms with Gasteiger partial charge in [-0.15, -0.1) is 11.3 Å². The maximum Gasteiger partial charge on any atom is 0.203 e. The van der Waals surface area contributed by atoms with Crippen LogP contribution in [0.25, 0.3) is 10.2 Å². The van der Waals surface area contributed by atoms with Gasteiger partial charge in [-0.2, -0.15) is 0 Å². The number of hydrogen-bond donors (Lipinski definition) is 1. The summed E-state index contributed by atoms with van der Waals surface area (Å²) in [6.07, 6.45) is 1.09. The molecule has 1 aliphatic rings. The standard InChI is InChI=1S/C28H31N3O3S/c1-32-23-17-21(18-24(33-2)27(23)34-19-20-9-4-3-5-10-20)26(31-15-8-13-29-14-16-31)28-30-22-11-6-7-12-25(22)35-28/h3-7,9-12,17-18,26,29H,8,13-16,19H2,1-2H3. The van der Waals surface area contributed by atoms with Crippen LogP contribution in [0.2, 0.25) is 0 Å². The topological polar surface area (TPSA) is 55.9 Å². The lowest BCUT2D eigenvalue weighted by atomic mass is 10.0. The van der Waals surface area contributed by atoms with Crippen LogP contribution in [0.5, 0.6) is 17.2 Å². The van der Waals surface area contributed by atoms with E-state index in [2.05, 4.69) is 40.5 Å². The molecule has 5 rings (SSSR count). The Bertz CT molecular complexity index is 1190. The summed E-state index contributed by atoms with van der Waals surface area (Å²) in [4.78, 5) is 7.56. The second-order valence-electron chi connectivity index (χ2n) is 8.59. The lowest BCUT2D eigenvalue weighted by Gasteiger charge is -2.30. The summed E-state index contributed by atoms with van der Waals surface area (Å²) < 4.78 is 19.0. The van der Waals surface area contributed by atoms with Crippen LogP contribution in [0.3, 0.4) is 0 Å². The van der Waals surface area contributed by atoms with Gasteiger partial charge in [0.1, 0.15) is 11.6 Å². The average Bonchev–Trinajstić information content (AvgIpc) is 3.14. The van der Waals surface area contributed by atoms with Crippen molar-refractivity contribution < 1.29 is 14.2 Å². The highest BCUT2D eigenvalue weighted by molar-refractivity contribution is 7.18. The number of aromatic nitrogens is 1. The Labute approximate surface area is 210 Å². The van der Waals surface area contributed by atoms with Gasteiger partial charge in [0.05, 0.1) is 30.5 Å². The highest BCUT2D eigenvalue weighted by Crippen LogP contribution is 2.44. The van der Waals surface area contributed by atoms with Gasteiger partial charge in [-0.1, -0.05) is 42.5 Å². The van der Waals surface area contributed by atoms with E-state index in [1.54, 1.807) is 25.6 Å². The molecule has 1 fully saturated rings. The summed E-state index contributed by atoms with van der Waals surface area (Å²) >= 11 is 1.75. The van der Waals surface area contributed by atoms with E-state index in [0.29, 0.717) is 23.9 Å². The fourth-order valence-corrected chi connectivity index (χ4v) is 5.70. The predicted octanol–water partition coefficient (Wildman–Crippen LogP) is 5.28. The Morgan fingerprint density at radius 3 is 2.43 bits per heavy atom. The molecule has 6 nitrogen and oxygen atoms in total. The summed E-state index contributed by atoms with van der Waals surface area (Å²) in [6.45, 7) is 4.35. The Kier molecular flexibility index (Phi) is 7.47. The predicted molar refractivity (Wildman–Crippen MR) is 141 cm³/mol. The van der Waals surface area contributed by atoms with Gasteiger partial charge in [0.2, 0.25) is 5.75 Å². The minimum absolute atomic E-state index is 0.00160. The lowest BCUT2D eigenvalue weighted by Crippen LogP contribution is -2.33. The zero-order valence-corrected chi connectivity index (χ0v) is 21.0. The molecule has 35 heavy (non-hydrogen) atoms. The number of thiazole rings is 1. The molecule has 7 heteroatoms. The van der Waals surface area contributed by atoms with Crippen LogP contribution in [0.1, 0.15) is 28.6 Å². The molecule has 3 aromatic carbocycles. The van der Waals surface area contributed by atoms with Gasteiger partial charge in [0, 0.05) is 19.6 Å². The fourth-order valence-electron chi connectivity index (χ4n) is 4.57. The monoisotopic (exact) mass is 489 g/mol. The van der Waals surface area contributed by atoms with E-state index in [1.165, 1.54) is 4.70 Å². The summed E-state index contributed by atoms with van der Waals surface area (Å²) in [5.74, 6) is 1.94. The average molecular weight is 490 g/mol. The van der Waals surface area contributed by atoms with Crippen molar-refractivity contribution in [2.24, 2.45) is 0 Å². The molecule has 1 saturated heterocycles. The van der Waals surface area contributed by atoms with E-state index in [4.69, 9.17) is 19.2 Å². The van der Waals surface area contributed by atoms with Gasteiger partial charge in [-0.05, 0) is 48.4 Å². The second kappa shape index (κ2) is 11.1. The molecule has 0 saturated carbocycles. The SMILES string of the molecule is COc1cc(C(c2nc3ccccc3s2)N2CCCNCC2)cc(OC)c1OCc1ccccc1. The van der Waals surface area contributed by atoms with Crippen LogP contribution in [0.4, 0.5) is 0 Å². The molecule has 4 aromatic rings. The smallest absolute Gasteiger partial charge is 0.203 e. The van der Waals surface area contributed by atoms with Crippen molar-refractivity contribution in [1.29, 1.82) is 0 Å². The first-order valence-corrected chi connectivity index (χ1v) is 12.8. The largest absolute Gasteiger partial charge is 0.493 e. The van der Waals surface area contributed by atoms with Crippen molar-refractivity contribution in [3.63, 3.8) is 0 Å². The summed E-state index contributed by atoms with van der Waals surface area (Å²) in [6, 6.07) is 22.6. The third-order valence-electron chi connectivity index (χ3n) is 6.31. The van der Waals surface area contributed by atoms with Crippen molar-refractivity contribution in [1.82, 2.24) is 15.2 Å². The maximum atomic E-state index is 6.20. The third kappa shape index (κ3) is 5.27. The maximum absolute atomic E-state index is 6.20. The Hall–Kier alpha value is -3.13. The molecule has 0 bridgehead atoms. The molecule has 2 heterocycles. The van der Waals surface area contributed by atoms with Gasteiger partial charge in [-0.25, -0.2) is 4.98 Å². The highest BCUT2D eigenvalue weighted by atomic mass is 32.1. The van der Waals surface area contributed by atoms with Crippen molar-refractivity contribution in [3.8, 4) is 17.2 Å². The number of para-hydroxylation sites is 1. The molecule has 182 valence electrons. The molecule has 0 aliphatic carbocycles. The van der Waals surface area contributed by atoms with E-state index < -0.39 is 0 Å². The van der Waals surface area contributed by atoms with Gasteiger partial charge in [0.15, 0.2) is 11.5 Å². The molecule has 1 atom stereocenters. The van der Waals surface area contributed by atoms with Crippen LogP contribution in [0.15, 0.2) is 66.7 Å². The van der Waals surface area contributed by atoms with E-state index in [0.717, 1.165) is 54.3 Å². The minimum atomic E-state index is -0.00160. The first-order valence-electron chi connectivity index (χ1n) is 12.0. The van der Waals surface area contributed by atoms with E-state index in [-0.39, 0.29) is 6.04 Å². The Morgan fingerprint density at radius 2 is 1.69 bits per heavy atom. The molecular weight excluding hydrogens is 458 g/mol. The number of fused-ring (bicyclic) bond motifs is 1. The zero-order valence-electron chi connectivity index (χ0n) is 20.2. The minimum Gasteiger partial charge on any atom is -0.493 e. The van der Waals surface area contributed by atoms with Crippen molar-refractivity contribution >= 4 is 21.6 Å². The van der Waals surface area contributed by atoms with Crippen LogP contribution < -0.4 is 19.5 Å². The Balaban J connectivity index is 1.55. The van der Waals surface area contributed by atoms with Crippen LogP contribution in [0, 0.1) is 0 Å². The number of benzene rings is 3. The van der Waals surface area contributed by atoms with E-state index in [9.17, 15) is 0 Å². The fraction of sp³-hybridized carbons (Fsp3) is 0.321. The molecule has 1 N–H and O–H groups in total. The quantitative estimate of drug-likeness (QED) is 0.364. The van der Waals surface area contributed by atoms with Gasteiger partial charge in [-0.3, -0.25) is 4.90 Å². The molecule has 0 amide bonds. The van der Waals surface area contributed by atoms with E-state index in [1.807, 2.05) is 36.4 Å². The molecule has 1 aromatic heterocycles. The van der Waals surface area contributed by atoms with Crippen LogP contribution in [-0.2, 0) is 6.61 Å². The number of hydrogen-bond acceptors (Lipinski definition) is 7. The van der Waals surface area contributed by atoms with Crippen LogP contribution in [-0.4, -0.2) is 50.3 Å². The first-order chi connectivity index (χ1) is 17.3. The molecule has 0 radical (unpaired) electrons. The van der Waals surface area contributed by atoms with Crippen molar-refractivity contribution in [2.75, 3.05) is 40.4 Å². The molecule has 1 unspecified atom stereocenters. The second-order valence-corrected chi connectivity index (χ2v) is 9.65. The summed E-state index contributed by atoms with van der Waals surface area (Å²) in [5, 5.41) is 4.60. The number of nitrogens with zero attached hydrogens (tertiary/aromatic N) is 2. The van der Waals surface area contributed by atoms with Crippen molar-refractivity contribution in [2.45, 2.75) is 19.1 Å². The van der Waals surface area contributed by atoms with Crippen LogP contribution >= 0.6 is 11.3 Å². The summed E-state index contributed by atoms with van der Waals surface area (Å²) in [7, 11) is 3.35. The number of ether oxygens (including phenoxy) is 3. The normalized spacial score (nSPS) is 15.5. The molecule has 1 aliphatic heterocycles.